The van der Waals surface area contributed by atoms with E-state index in [-0.39, 0.29) is 12.1 Å². The third-order valence-corrected chi connectivity index (χ3v) is 2.61. The molecule has 0 radical (unpaired) electrons. The minimum Gasteiger partial charge on any atom is -0.480 e. The highest BCUT2D eigenvalue weighted by Gasteiger charge is 2.36. The van der Waals surface area contributed by atoms with E-state index < -0.39 is 24.0 Å². The molecule has 0 aromatic heterocycles. The Bertz CT molecular complexity index is 538. The number of carbonyl (C=O) groups is 2. The van der Waals surface area contributed by atoms with Crippen LogP contribution in [-0.4, -0.2) is 29.1 Å². The first-order valence-corrected chi connectivity index (χ1v) is 6.03. The highest BCUT2D eigenvalue weighted by Crippen LogP contribution is 2.17. The third kappa shape index (κ3) is 5.68. The highest BCUT2D eigenvalue weighted by atomic mass is 19.4. The van der Waals surface area contributed by atoms with Crippen molar-refractivity contribution in [3.05, 3.63) is 47.7 Å². The number of alkyl halides is 3. The largest absolute Gasteiger partial charge is 0.480 e. The van der Waals surface area contributed by atoms with Gasteiger partial charge in [-0.3, -0.25) is 4.79 Å². The molecule has 1 aromatic rings. The van der Waals surface area contributed by atoms with Crippen LogP contribution in [0.4, 0.5) is 13.2 Å². The van der Waals surface area contributed by atoms with Crippen molar-refractivity contribution >= 4 is 11.8 Å². The van der Waals surface area contributed by atoms with Crippen LogP contribution in [-0.2, 0) is 16.0 Å². The maximum atomic E-state index is 12.1. The summed E-state index contributed by atoms with van der Waals surface area (Å²) in [6.07, 6.45) is -4.54. The van der Waals surface area contributed by atoms with E-state index in [9.17, 15) is 22.8 Å². The molecule has 0 saturated heterocycles. The SMILES string of the molecule is C/C(=C/C(=O)C(F)(F)F)NC(Cc1ccccc1)C(=O)O. The van der Waals surface area contributed by atoms with Gasteiger partial charge >= 0.3 is 12.1 Å². The van der Waals surface area contributed by atoms with Gasteiger partial charge in [0.2, 0.25) is 0 Å². The number of aliphatic carboxylic acids is 1. The van der Waals surface area contributed by atoms with E-state index in [1.807, 2.05) is 0 Å². The lowest BCUT2D eigenvalue weighted by Gasteiger charge is -2.16. The van der Waals surface area contributed by atoms with E-state index in [1.54, 1.807) is 30.3 Å². The lowest BCUT2D eigenvalue weighted by atomic mass is 10.1. The van der Waals surface area contributed by atoms with Crippen LogP contribution in [0.1, 0.15) is 12.5 Å². The molecule has 0 aliphatic heterocycles. The minimum atomic E-state index is -4.97. The summed E-state index contributed by atoms with van der Waals surface area (Å²) in [5.74, 6) is -3.25. The fourth-order valence-corrected chi connectivity index (χ4v) is 1.64. The molecule has 0 aliphatic rings. The molecule has 1 atom stereocenters. The van der Waals surface area contributed by atoms with Gasteiger partial charge in [0, 0.05) is 18.2 Å². The van der Waals surface area contributed by atoms with Gasteiger partial charge in [-0.05, 0) is 12.5 Å². The van der Waals surface area contributed by atoms with E-state index in [2.05, 4.69) is 5.32 Å². The summed E-state index contributed by atoms with van der Waals surface area (Å²) in [5, 5.41) is 11.5. The summed E-state index contributed by atoms with van der Waals surface area (Å²) >= 11 is 0. The van der Waals surface area contributed by atoms with Crippen molar-refractivity contribution in [2.75, 3.05) is 0 Å². The van der Waals surface area contributed by atoms with Crippen LogP contribution >= 0.6 is 0 Å². The van der Waals surface area contributed by atoms with Crippen molar-refractivity contribution in [2.24, 2.45) is 0 Å². The number of halogens is 3. The summed E-state index contributed by atoms with van der Waals surface area (Å²) in [7, 11) is 0. The monoisotopic (exact) mass is 301 g/mol. The summed E-state index contributed by atoms with van der Waals surface area (Å²) in [6, 6.07) is 7.51. The van der Waals surface area contributed by atoms with Crippen LogP contribution in [0.3, 0.4) is 0 Å². The Balaban J connectivity index is 2.77. The number of carbonyl (C=O) groups excluding carboxylic acids is 1. The second-order valence-corrected chi connectivity index (χ2v) is 4.41. The zero-order chi connectivity index (χ0) is 16.0. The van der Waals surface area contributed by atoms with Crippen LogP contribution in [0.5, 0.6) is 0 Å². The Morgan fingerprint density at radius 3 is 2.33 bits per heavy atom. The van der Waals surface area contributed by atoms with Crippen molar-refractivity contribution in [2.45, 2.75) is 25.6 Å². The van der Waals surface area contributed by atoms with Gasteiger partial charge in [0.05, 0.1) is 0 Å². The number of nitrogens with one attached hydrogen (secondary N) is 1. The fraction of sp³-hybridized carbons (Fsp3) is 0.286. The van der Waals surface area contributed by atoms with E-state index in [1.165, 1.54) is 6.92 Å². The molecule has 0 amide bonds. The average molecular weight is 301 g/mol. The van der Waals surface area contributed by atoms with Gasteiger partial charge in [-0.1, -0.05) is 30.3 Å². The number of hydrogen-bond acceptors (Lipinski definition) is 3. The molecule has 1 aromatic carbocycles. The fourth-order valence-electron chi connectivity index (χ4n) is 1.64. The molecule has 2 N–H and O–H groups in total. The van der Waals surface area contributed by atoms with Crippen molar-refractivity contribution in [3.63, 3.8) is 0 Å². The first-order valence-electron chi connectivity index (χ1n) is 6.03. The van der Waals surface area contributed by atoms with Crippen LogP contribution in [0.25, 0.3) is 0 Å². The molecular formula is C14H14F3NO3. The third-order valence-electron chi connectivity index (χ3n) is 2.61. The Labute approximate surface area is 119 Å². The average Bonchev–Trinajstić information content (AvgIpc) is 2.37. The first-order chi connectivity index (χ1) is 9.70. The smallest absolute Gasteiger partial charge is 0.454 e. The molecular weight excluding hydrogens is 287 g/mol. The molecule has 0 aliphatic carbocycles. The molecule has 1 unspecified atom stereocenters. The lowest BCUT2D eigenvalue weighted by Crippen LogP contribution is -2.38. The number of allylic oxidation sites excluding steroid dienone is 2. The number of hydrogen-bond donors (Lipinski definition) is 2. The van der Waals surface area contributed by atoms with Crippen LogP contribution in [0.15, 0.2) is 42.1 Å². The van der Waals surface area contributed by atoms with Gasteiger partial charge in [0.25, 0.3) is 5.78 Å². The molecule has 21 heavy (non-hydrogen) atoms. The molecule has 0 bridgehead atoms. The van der Waals surface area contributed by atoms with Crippen molar-refractivity contribution in [3.8, 4) is 0 Å². The molecule has 7 heteroatoms. The van der Waals surface area contributed by atoms with Crippen LogP contribution < -0.4 is 5.32 Å². The highest BCUT2D eigenvalue weighted by molar-refractivity contribution is 5.94. The van der Waals surface area contributed by atoms with Gasteiger partial charge in [-0.15, -0.1) is 0 Å². The minimum absolute atomic E-state index is 0.0849. The summed E-state index contributed by atoms with van der Waals surface area (Å²) in [6.45, 7) is 1.21. The van der Waals surface area contributed by atoms with Crippen LogP contribution in [0.2, 0.25) is 0 Å². The topological polar surface area (TPSA) is 66.4 Å². The molecule has 4 nitrogen and oxygen atoms in total. The zero-order valence-corrected chi connectivity index (χ0v) is 11.1. The molecule has 0 spiro atoms. The quantitative estimate of drug-likeness (QED) is 0.791. The number of carboxylic acids is 1. The standard InChI is InChI=1S/C14H14F3NO3/c1-9(7-12(19)14(15,16)17)18-11(13(20)21)8-10-5-3-2-4-6-10/h2-7,11,18H,8H2,1H3,(H,20,21)/b9-7-. The number of carboxylic acid groups (broad SMARTS) is 1. The Hall–Kier alpha value is -2.31. The van der Waals surface area contributed by atoms with Gasteiger partial charge in [-0.2, -0.15) is 13.2 Å². The zero-order valence-electron chi connectivity index (χ0n) is 11.1. The number of benzene rings is 1. The molecule has 0 fully saturated rings. The number of ketones is 1. The Kier molecular flexibility index (Phi) is 5.52. The maximum Gasteiger partial charge on any atom is 0.454 e. The first kappa shape index (κ1) is 16.7. The van der Waals surface area contributed by atoms with E-state index in [0.717, 1.165) is 0 Å². The Morgan fingerprint density at radius 1 is 1.29 bits per heavy atom. The van der Waals surface area contributed by atoms with Gasteiger partial charge in [0.15, 0.2) is 0 Å². The van der Waals surface area contributed by atoms with Gasteiger partial charge < -0.3 is 10.4 Å². The lowest BCUT2D eigenvalue weighted by molar-refractivity contribution is -0.165. The van der Waals surface area contributed by atoms with Gasteiger partial charge in [-0.25, -0.2) is 4.79 Å². The predicted molar refractivity (Wildman–Crippen MR) is 69.5 cm³/mol. The maximum absolute atomic E-state index is 12.1. The van der Waals surface area contributed by atoms with E-state index >= 15 is 0 Å². The van der Waals surface area contributed by atoms with Gasteiger partial charge in [0.1, 0.15) is 6.04 Å². The van der Waals surface area contributed by atoms with Crippen molar-refractivity contribution in [1.82, 2.24) is 5.32 Å². The number of rotatable bonds is 6. The second-order valence-electron chi connectivity index (χ2n) is 4.41. The molecule has 0 heterocycles. The van der Waals surface area contributed by atoms with Crippen molar-refractivity contribution < 1.29 is 27.9 Å². The molecule has 114 valence electrons. The second kappa shape index (κ2) is 6.92. The van der Waals surface area contributed by atoms with Crippen LogP contribution in [0, 0.1) is 0 Å². The van der Waals surface area contributed by atoms with Crippen molar-refractivity contribution in [1.29, 1.82) is 0 Å². The molecule has 0 saturated carbocycles. The Morgan fingerprint density at radius 2 is 1.86 bits per heavy atom. The summed E-state index contributed by atoms with van der Waals surface area (Å²) in [5.41, 5.74) is 0.563. The summed E-state index contributed by atoms with van der Waals surface area (Å²) < 4.78 is 36.3. The predicted octanol–water partition coefficient (Wildman–Crippen LogP) is 2.31. The van der Waals surface area contributed by atoms with E-state index in [0.29, 0.717) is 11.6 Å². The summed E-state index contributed by atoms with van der Waals surface area (Å²) in [4.78, 5) is 21.9. The normalized spacial score (nSPS) is 13.6. The molecule has 1 rings (SSSR count). The van der Waals surface area contributed by atoms with E-state index in [4.69, 9.17) is 5.11 Å².